The lowest BCUT2D eigenvalue weighted by Crippen LogP contribution is -2.26. The number of nitrogens with one attached hydrogen (secondary N) is 1. The molecular weight excluding hydrogens is 224 g/mol. The van der Waals surface area contributed by atoms with Crippen LogP contribution in [-0.4, -0.2) is 39.4 Å². The number of imidazole rings is 1. The Morgan fingerprint density at radius 1 is 1.62 bits per heavy atom. The van der Waals surface area contributed by atoms with Gasteiger partial charge in [0, 0.05) is 20.3 Å². The van der Waals surface area contributed by atoms with Gasteiger partial charge in [0.1, 0.15) is 6.54 Å². The molecule has 0 aromatic carbocycles. The first-order valence-corrected chi connectivity index (χ1v) is 5.24. The Morgan fingerprint density at radius 3 is 3.06 bits per heavy atom. The number of aromatic nitrogens is 3. The number of hydrogen-bond acceptors (Lipinski definition) is 3. The molecule has 0 fully saturated rings. The second-order valence-electron chi connectivity index (χ2n) is 3.68. The van der Waals surface area contributed by atoms with Crippen molar-refractivity contribution in [2.45, 2.75) is 6.54 Å². The zero-order valence-electron chi connectivity index (χ0n) is 9.10. The van der Waals surface area contributed by atoms with Crippen LogP contribution in [0.5, 0.6) is 0 Å². The molecule has 0 aliphatic heterocycles. The molecule has 0 spiro atoms. The summed E-state index contributed by atoms with van der Waals surface area (Å²) in [5.74, 6) is -0.0114. The van der Waals surface area contributed by atoms with Crippen LogP contribution >= 0.6 is 12.2 Å². The van der Waals surface area contributed by atoms with E-state index in [-0.39, 0.29) is 12.5 Å². The Hall–Kier alpha value is -1.69. The minimum Gasteiger partial charge on any atom is -0.347 e. The first kappa shape index (κ1) is 10.8. The molecule has 0 atom stereocenters. The standard InChI is InChI=1S/C10H12N4OS/c1-13(2)8(15)6-14-9-7(12-10(14)16)4-3-5-11-9/h3-5H,6H2,1-2H3,(H,12,16). The molecule has 5 nitrogen and oxygen atoms in total. The van der Waals surface area contributed by atoms with Crippen LogP contribution in [0.1, 0.15) is 0 Å². The molecule has 6 heteroatoms. The van der Waals surface area contributed by atoms with Gasteiger partial charge in [-0.2, -0.15) is 0 Å². The van der Waals surface area contributed by atoms with Crippen LogP contribution in [0.3, 0.4) is 0 Å². The second kappa shape index (κ2) is 4.05. The number of likely N-dealkylation sites (N-methyl/N-ethyl adjacent to an activating group) is 1. The zero-order chi connectivity index (χ0) is 11.7. The summed E-state index contributed by atoms with van der Waals surface area (Å²) in [6.45, 7) is 0.211. The van der Waals surface area contributed by atoms with Crippen molar-refractivity contribution in [1.29, 1.82) is 0 Å². The van der Waals surface area contributed by atoms with Crippen molar-refractivity contribution in [3.8, 4) is 0 Å². The molecule has 84 valence electrons. The van der Waals surface area contributed by atoms with E-state index in [9.17, 15) is 4.79 Å². The highest BCUT2D eigenvalue weighted by Crippen LogP contribution is 2.10. The summed E-state index contributed by atoms with van der Waals surface area (Å²) in [5, 5.41) is 0. The van der Waals surface area contributed by atoms with E-state index >= 15 is 0 Å². The van der Waals surface area contributed by atoms with Crippen LogP contribution in [-0.2, 0) is 11.3 Å². The second-order valence-corrected chi connectivity index (χ2v) is 4.07. The molecule has 2 heterocycles. The smallest absolute Gasteiger partial charge is 0.242 e. The molecule has 0 bridgehead atoms. The van der Waals surface area contributed by atoms with Gasteiger partial charge in [0.25, 0.3) is 0 Å². The molecule has 2 aromatic rings. The summed E-state index contributed by atoms with van der Waals surface area (Å²) >= 11 is 5.15. The number of fused-ring (bicyclic) bond motifs is 1. The number of rotatable bonds is 2. The maximum atomic E-state index is 11.6. The Balaban J connectivity index is 2.48. The number of hydrogen-bond donors (Lipinski definition) is 1. The summed E-state index contributed by atoms with van der Waals surface area (Å²) in [7, 11) is 3.43. The Morgan fingerprint density at radius 2 is 2.38 bits per heavy atom. The maximum absolute atomic E-state index is 11.6. The van der Waals surface area contributed by atoms with Gasteiger partial charge < -0.3 is 9.88 Å². The fraction of sp³-hybridized carbons (Fsp3) is 0.300. The van der Waals surface area contributed by atoms with Crippen molar-refractivity contribution in [3.05, 3.63) is 23.1 Å². The molecule has 0 radical (unpaired) electrons. The third-order valence-electron chi connectivity index (χ3n) is 2.32. The van der Waals surface area contributed by atoms with E-state index in [1.165, 1.54) is 4.90 Å². The minimum atomic E-state index is -0.0114. The monoisotopic (exact) mass is 236 g/mol. The summed E-state index contributed by atoms with van der Waals surface area (Å²) in [5.41, 5.74) is 1.56. The number of carbonyl (C=O) groups excluding carboxylic acids is 1. The van der Waals surface area contributed by atoms with E-state index in [0.717, 1.165) is 5.52 Å². The fourth-order valence-corrected chi connectivity index (χ4v) is 1.67. The molecular formula is C10H12N4OS. The van der Waals surface area contributed by atoms with E-state index in [1.807, 2.05) is 12.1 Å². The molecule has 0 saturated carbocycles. The summed E-state index contributed by atoms with van der Waals surface area (Å²) in [6.07, 6.45) is 1.68. The number of H-pyrrole nitrogens is 1. The first-order chi connectivity index (χ1) is 7.59. The average molecular weight is 236 g/mol. The quantitative estimate of drug-likeness (QED) is 0.797. The highest BCUT2D eigenvalue weighted by Gasteiger charge is 2.10. The maximum Gasteiger partial charge on any atom is 0.242 e. The number of pyridine rings is 1. The van der Waals surface area contributed by atoms with Crippen molar-refractivity contribution in [2.75, 3.05) is 14.1 Å². The topological polar surface area (TPSA) is 53.9 Å². The van der Waals surface area contributed by atoms with Crippen LogP contribution in [0.25, 0.3) is 11.2 Å². The molecule has 1 N–H and O–H groups in total. The molecule has 0 aliphatic carbocycles. The summed E-state index contributed by atoms with van der Waals surface area (Å²) in [6, 6.07) is 3.71. The lowest BCUT2D eigenvalue weighted by Gasteiger charge is -2.10. The van der Waals surface area contributed by atoms with Crippen molar-refractivity contribution in [3.63, 3.8) is 0 Å². The third-order valence-corrected chi connectivity index (χ3v) is 2.64. The highest BCUT2D eigenvalue weighted by atomic mass is 32.1. The SMILES string of the molecule is CN(C)C(=O)Cn1c(=S)[nH]c2cccnc21. The van der Waals surface area contributed by atoms with Crippen molar-refractivity contribution in [1.82, 2.24) is 19.4 Å². The van der Waals surface area contributed by atoms with Gasteiger partial charge in [0.2, 0.25) is 5.91 Å². The first-order valence-electron chi connectivity index (χ1n) is 4.83. The predicted molar refractivity (Wildman–Crippen MR) is 63.6 cm³/mol. The van der Waals surface area contributed by atoms with Crippen LogP contribution in [0.4, 0.5) is 0 Å². The van der Waals surface area contributed by atoms with E-state index in [4.69, 9.17) is 12.2 Å². The molecule has 16 heavy (non-hydrogen) atoms. The molecule has 2 aromatic heterocycles. The van der Waals surface area contributed by atoms with Crippen molar-refractivity contribution in [2.24, 2.45) is 0 Å². The van der Waals surface area contributed by atoms with Crippen LogP contribution < -0.4 is 0 Å². The van der Waals surface area contributed by atoms with Crippen LogP contribution in [0.2, 0.25) is 0 Å². The average Bonchev–Trinajstić information content (AvgIpc) is 2.55. The van der Waals surface area contributed by atoms with Crippen LogP contribution in [0, 0.1) is 4.77 Å². The van der Waals surface area contributed by atoms with E-state index in [2.05, 4.69) is 9.97 Å². The number of aromatic amines is 1. The van der Waals surface area contributed by atoms with Gasteiger partial charge in [-0.1, -0.05) is 0 Å². The highest BCUT2D eigenvalue weighted by molar-refractivity contribution is 7.71. The van der Waals surface area contributed by atoms with Gasteiger partial charge in [-0.15, -0.1) is 0 Å². The zero-order valence-corrected chi connectivity index (χ0v) is 9.91. The lowest BCUT2D eigenvalue weighted by molar-refractivity contribution is -0.129. The predicted octanol–water partition coefficient (Wildman–Crippen LogP) is 1.18. The van der Waals surface area contributed by atoms with E-state index in [1.54, 1.807) is 24.9 Å². The molecule has 0 unspecified atom stereocenters. The molecule has 1 amide bonds. The normalized spacial score (nSPS) is 10.6. The van der Waals surface area contributed by atoms with Crippen molar-refractivity contribution >= 4 is 29.3 Å². The molecule has 0 saturated heterocycles. The van der Waals surface area contributed by atoms with Gasteiger partial charge in [-0.05, 0) is 24.4 Å². The van der Waals surface area contributed by atoms with Gasteiger partial charge in [0.05, 0.1) is 5.52 Å². The molecule has 2 rings (SSSR count). The van der Waals surface area contributed by atoms with Gasteiger partial charge in [0.15, 0.2) is 10.4 Å². The lowest BCUT2D eigenvalue weighted by atomic mass is 10.4. The van der Waals surface area contributed by atoms with Gasteiger partial charge in [-0.25, -0.2) is 4.98 Å². The Bertz CT molecular complexity index is 584. The van der Waals surface area contributed by atoms with Gasteiger partial charge in [-0.3, -0.25) is 9.36 Å². The van der Waals surface area contributed by atoms with Crippen molar-refractivity contribution < 1.29 is 4.79 Å². The largest absolute Gasteiger partial charge is 0.347 e. The van der Waals surface area contributed by atoms with Crippen LogP contribution in [0.15, 0.2) is 18.3 Å². The van der Waals surface area contributed by atoms with Gasteiger partial charge >= 0.3 is 0 Å². The van der Waals surface area contributed by atoms with E-state index < -0.39 is 0 Å². The van der Waals surface area contributed by atoms with E-state index in [0.29, 0.717) is 10.4 Å². The summed E-state index contributed by atoms with van der Waals surface area (Å²) < 4.78 is 2.22. The molecule has 0 aliphatic rings. The number of carbonyl (C=O) groups is 1. The number of nitrogens with zero attached hydrogens (tertiary/aromatic N) is 3. The number of amides is 1. The minimum absolute atomic E-state index is 0.0114. The Labute approximate surface area is 97.7 Å². The summed E-state index contributed by atoms with van der Waals surface area (Å²) in [4.78, 5) is 20.4. The Kier molecular flexibility index (Phi) is 2.74. The third kappa shape index (κ3) is 1.83. The fourth-order valence-electron chi connectivity index (χ4n) is 1.41.